The highest BCUT2D eigenvalue weighted by atomic mass is 33.1. The van der Waals surface area contributed by atoms with Gasteiger partial charge in [0.25, 0.3) is 0 Å². The Morgan fingerprint density at radius 1 is 1.40 bits per heavy atom. The summed E-state index contributed by atoms with van der Waals surface area (Å²) in [7, 11) is 3.69. The average molecular weight is 194 g/mol. The highest BCUT2D eigenvalue weighted by molar-refractivity contribution is 8.78. The fourth-order valence-electron chi connectivity index (χ4n) is 0.196. The summed E-state index contributed by atoms with van der Waals surface area (Å²) in [5.41, 5.74) is 0. The number of thioether (sulfide) groups is 1. The first-order valence-corrected chi connectivity index (χ1v) is 6.76. The van der Waals surface area contributed by atoms with Crippen molar-refractivity contribution in [3.8, 4) is 0 Å². The Balaban J connectivity index is 0. The second-order valence-electron chi connectivity index (χ2n) is 1.16. The van der Waals surface area contributed by atoms with E-state index in [9.17, 15) is 0 Å². The highest BCUT2D eigenvalue weighted by Crippen LogP contribution is 2.27. The molecule has 0 aromatic heterocycles. The molecule has 0 N–H and O–H groups in total. The Morgan fingerprint density at radius 3 is 2.00 bits per heavy atom. The lowest BCUT2D eigenvalue weighted by molar-refractivity contribution is 1.85. The first kappa shape index (κ1) is 13.1. The molecule has 1 rings (SSSR count). The van der Waals surface area contributed by atoms with E-state index >= 15 is 0 Å². The normalized spacial score (nSPS) is 12.6. The van der Waals surface area contributed by atoms with Crippen molar-refractivity contribution in [1.29, 1.82) is 0 Å². The molecule has 3 heteroatoms. The molecule has 0 aromatic carbocycles. The standard InChI is InChI=1S/C3H4S2.C2H6S.C2H4/c1-2-4-5-3-1;1-3-2;1-2/h1-2H,3H2;1-2H3;1-2H2. The van der Waals surface area contributed by atoms with Gasteiger partial charge in [0.2, 0.25) is 0 Å². The Bertz CT molecular complexity index is 65.3. The van der Waals surface area contributed by atoms with Crippen LogP contribution in [-0.4, -0.2) is 18.3 Å². The van der Waals surface area contributed by atoms with Crippen molar-refractivity contribution in [2.24, 2.45) is 0 Å². The lowest BCUT2D eigenvalue weighted by atomic mass is 10.8. The molecule has 0 radical (unpaired) electrons. The summed E-state index contributed by atoms with van der Waals surface area (Å²) in [6.07, 6.45) is 6.25. The summed E-state index contributed by atoms with van der Waals surface area (Å²) in [6, 6.07) is 0. The zero-order chi connectivity index (χ0) is 8.24. The average Bonchev–Trinajstić information content (AvgIpc) is 2.48. The van der Waals surface area contributed by atoms with Crippen LogP contribution in [0.1, 0.15) is 0 Å². The van der Waals surface area contributed by atoms with Gasteiger partial charge in [-0.3, -0.25) is 0 Å². The Hall–Kier alpha value is 0.530. The summed E-state index contributed by atoms with van der Waals surface area (Å²) >= 11 is 1.75. The van der Waals surface area contributed by atoms with Crippen LogP contribution in [0.4, 0.5) is 0 Å². The van der Waals surface area contributed by atoms with Gasteiger partial charge in [-0.25, -0.2) is 0 Å². The van der Waals surface area contributed by atoms with Gasteiger partial charge in [-0.2, -0.15) is 11.8 Å². The summed E-state index contributed by atoms with van der Waals surface area (Å²) in [6.45, 7) is 6.00. The molecule has 60 valence electrons. The maximum atomic E-state index is 3.00. The second kappa shape index (κ2) is 16.3. The lowest BCUT2D eigenvalue weighted by Crippen LogP contribution is -1.46. The van der Waals surface area contributed by atoms with E-state index in [1.165, 1.54) is 5.75 Å². The third kappa shape index (κ3) is 15.8. The van der Waals surface area contributed by atoms with E-state index in [4.69, 9.17) is 0 Å². The first-order chi connectivity index (χ1) is 4.91. The SMILES string of the molecule is C1=CSSC1.C=C.CSC. The van der Waals surface area contributed by atoms with Crippen molar-refractivity contribution >= 4 is 33.3 Å². The van der Waals surface area contributed by atoms with Gasteiger partial charge >= 0.3 is 0 Å². The smallest absolute Gasteiger partial charge is 0.0229 e. The molecule has 0 saturated heterocycles. The van der Waals surface area contributed by atoms with Gasteiger partial charge in [-0.05, 0) is 17.9 Å². The largest absolute Gasteiger partial charge is 0.169 e. The van der Waals surface area contributed by atoms with Crippen molar-refractivity contribution in [2.45, 2.75) is 0 Å². The summed E-state index contributed by atoms with van der Waals surface area (Å²) in [4.78, 5) is 0. The molecule has 0 unspecified atom stereocenters. The van der Waals surface area contributed by atoms with E-state index in [-0.39, 0.29) is 0 Å². The molecule has 0 saturated carbocycles. The zero-order valence-electron chi connectivity index (χ0n) is 6.50. The number of rotatable bonds is 0. The summed E-state index contributed by atoms with van der Waals surface area (Å²) < 4.78 is 0. The van der Waals surface area contributed by atoms with Crippen molar-refractivity contribution in [3.05, 3.63) is 24.6 Å². The molecule has 0 atom stereocenters. The minimum atomic E-state index is 1.20. The van der Waals surface area contributed by atoms with E-state index < -0.39 is 0 Å². The van der Waals surface area contributed by atoms with E-state index in [0.717, 1.165) is 0 Å². The van der Waals surface area contributed by atoms with Gasteiger partial charge in [0, 0.05) is 5.75 Å². The Morgan fingerprint density at radius 2 is 1.90 bits per heavy atom. The van der Waals surface area contributed by atoms with E-state index in [0.29, 0.717) is 0 Å². The highest BCUT2D eigenvalue weighted by Gasteiger charge is 1.85. The van der Waals surface area contributed by atoms with E-state index in [1.807, 2.05) is 34.1 Å². The van der Waals surface area contributed by atoms with E-state index in [1.54, 1.807) is 11.8 Å². The molecule has 0 bridgehead atoms. The molecular formula is C7H14S3. The minimum absolute atomic E-state index is 1.20. The Labute approximate surface area is 76.3 Å². The van der Waals surface area contributed by atoms with Crippen LogP contribution >= 0.6 is 33.3 Å². The zero-order valence-corrected chi connectivity index (χ0v) is 8.95. The van der Waals surface area contributed by atoms with Crippen LogP contribution < -0.4 is 0 Å². The van der Waals surface area contributed by atoms with Gasteiger partial charge in [-0.15, -0.1) is 13.2 Å². The maximum absolute atomic E-state index is 3.00. The van der Waals surface area contributed by atoms with Crippen LogP contribution in [0.2, 0.25) is 0 Å². The molecule has 1 aliphatic rings. The van der Waals surface area contributed by atoms with Gasteiger partial charge in [0.1, 0.15) is 0 Å². The van der Waals surface area contributed by atoms with Crippen LogP contribution in [0.15, 0.2) is 24.6 Å². The third-order valence-electron chi connectivity index (χ3n) is 0.384. The van der Waals surface area contributed by atoms with Crippen LogP contribution in [-0.2, 0) is 0 Å². The summed E-state index contributed by atoms with van der Waals surface area (Å²) in [5, 5.41) is 2.12. The van der Waals surface area contributed by atoms with Crippen LogP contribution in [0, 0.1) is 0 Å². The van der Waals surface area contributed by atoms with Crippen molar-refractivity contribution in [2.75, 3.05) is 18.3 Å². The first-order valence-electron chi connectivity index (χ1n) is 2.75. The van der Waals surface area contributed by atoms with Gasteiger partial charge in [0.05, 0.1) is 0 Å². The molecule has 0 amide bonds. The number of hydrogen-bond acceptors (Lipinski definition) is 3. The molecule has 10 heavy (non-hydrogen) atoms. The second-order valence-corrected chi connectivity index (χ2v) is 4.30. The topological polar surface area (TPSA) is 0 Å². The van der Waals surface area contributed by atoms with Gasteiger partial charge in [-0.1, -0.05) is 27.7 Å². The molecular weight excluding hydrogens is 180 g/mol. The predicted molar refractivity (Wildman–Crippen MR) is 59.9 cm³/mol. The maximum Gasteiger partial charge on any atom is 0.0229 e. The Kier molecular flexibility index (Phi) is 21.4. The number of hydrogen-bond donors (Lipinski definition) is 0. The molecule has 0 nitrogen and oxygen atoms in total. The molecule has 1 aliphatic heterocycles. The minimum Gasteiger partial charge on any atom is -0.169 e. The fraction of sp³-hybridized carbons (Fsp3) is 0.429. The van der Waals surface area contributed by atoms with Crippen LogP contribution in [0.3, 0.4) is 0 Å². The molecule has 1 heterocycles. The monoisotopic (exact) mass is 194 g/mol. The molecule has 0 aromatic rings. The van der Waals surface area contributed by atoms with Crippen molar-refractivity contribution in [3.63, 3.8) is 0 Å². The van der Waals surface area contributed by atoms with Gasteiger partial charge in [0.15, 0.2) is 0 Å². The quantitative estimate of drug-likeness (QED) is 0.426. The predicted octanol–water partition coefficient (Wildman–Crippen LogP) is 3.68. The third-order valence-corrected chi connectivity index (χ3v) is 2.30. The molecule has 0 aliphatic carbocycles. The lowest BCUT2D eigenvalue weighted by Gasteiger charge is -1.69. The van der Waals surface area contributed by atoms with E-state index in [2.05, 4.69) is 24.6 Å². The summed E-state index contributed by atoms with van der Waals surface area (Å²) in [5.74, 6) is 1.20. The van der Waals surface area contributed by atoms with Gasteiger partial charge < -0.3 is 0 Å². The fourth-order valence-corrected chi connectivity index (χ4v) is 1.77. The van der Waals surface area contributed by atoms with Crippen molar-refractivity contribution < 1.29 is 0 Å². The molecule has 0 fully saturated rings. The van der Waals surface area contributed by atoms with Crippen molar-refractivity contribution in [1.82, 2.24) is 0 Å². The van der Waals surface area contributed by atoms with Crippen LogP contribution in [0.5, 0.6) is 0 Å². The molecule has 0 spiro atoms. The van der Waals surface area contributed by atoms with Crippen LogP contribution in [0.25, 0.3) is 0 Å².